The Morgan fingerprint density at radius 2 is 1.83 bits per heavy atom. The Bertz CT molecular complexity index is 808. The van der Waals surface area contributed by atoms with Crippen LogP contribution in [0.3, 0.4) is 0 Å². The molecule has 2 aromatic carbocycles. The summed E-state index contributed by atoms with van der Waals surface area (Å²) in [6, 6.07) is 14.2. The summed E-state index contributed by atoms with van der Waals surface area (Å²) in [5, 5.41) is 3.05. The predicted octanol–water partition coefficient (Wildman–Crippen LogP) is 4.28. The van der Waals surface area contributed by atoms with Gasteiger partial charge in [-0.2, -0.15) is 0 Å². The van der Waals surface area contributed by atoms with Crippen LogP contribution in [-0.2, 0) is 13.1 Å². The Morgan fingerprint density at radius 1 is 1.17 bits per heavy atom. The summed E-state index contributed by atoms with van der Waals surface area (Å²) >= 11 is 0. The topological polar surface area (TPSA) is 44.8 Å². The van der Waals surface area contributed by atoms with E-state index in [2.05, 4.69) is 31.1 Å². The minimum absolute atomic E-state index is 0.0974. The van der Waals surface area contributed by atoms with Crippen LogP contribution in [0.25, 0.3) is 0 Å². The number of carbonyl (C=O) groups excluding carboxylic acids is 1. The van der Waals surface area contributed by atoms with Crippen LogP contribution >= 0.6 is 0 Å². The normalized spacial score (nSPS) is 16.6. The molecule has 5 nitrogen and oxygen atoms in total. The van der Waals surface area contributed by atoms with Crippen molar-refractivity contribution in [1.82, 2.24) is 15.1 Å². The van der Waals surface area contributed by atoms with Crippen LogP contribution in [-0.4, -0.2) is 48.6 Å². The van der Waals surface area contributed by atoms with Crippen LogP contribution in [0.1, 0.15) is 31.4 Å². The third-order valence-electron chi connectivity index (χ3n) is 5.28. The number of likely N-dealkylation sites (tertiary alicyclic amines) is 1. The zero-order valence-electron chi connectivity index (χ0n) is 18.1. The van der Waals surface area contributed by atoms with Gasteiger partial charge in [0, 0.05) is 25.7 Å². The molecule has 30 heavy (non-hydrogen) atoms. The maximum atomic E-state index is 13.3. The van der Waals surface area contributed by atoms with E-state index in [0.29, 0.717) is 25.6 Å². The number of carbonyl (C=O) groups is 1. The van der Waals surface area contributed by atoms with Crippen molar-refractivity contribution in [2.75, 3.05) is 26.7 Å². The Hall–Kier alpha value is -2.60. The van der Waals surface area contributed by atoms with Gasteiger partial charge in [-0.1, -0.05) is 38.1 Å². The smallest absolute Gasteiger partial charge is 0.318 e. The maximum Gasteiger partial charge on any atom is 0.318 e. The number of rotatable bonds is 8. The second-order valence-electron chi connectivity index (χ2n) is 8.47. The molecule has 1 saturated heterocycles. The van der Waals surface area contributed by atoms with Gasteiger partial charge in [0.15, 0.2) is 0 Å². The standard InChI is InChI=1S/C24H32FN3O2/c1-18(2)17-30-23-10-6-19(7-11-23)14-26-24(29)28(22-12-13-27(3)16-22)15-20-4-8-21(25)9-5-20/h4-11,18,22H,12-17H2,1-3H3,(H,26,29)/t22-/m0/s1. The molecule has 0 saturated carbocycles. The van der Waals surface area contributed by atoms with Crippen LogP contribution in [0.2, 0.25) is 0 Å². The summed E-state index contributed by atoms with van der Waals surface area (Å²) < 4.78 is 19.0. The molecule has 1 atom stereocenters. The number of ether oxygens (including phenoxy) is 1. The molecule has 162 valence electrons. The highest BCUT2D eigenvalue weighted by Gasteiger charge is 2.29. The molecule has 2 aromatic rings. The first-order chi connectivity index (χ1) is 14.4. The number of hydrogen-bond donors (Lipinski definition) is 1. The van der Waals surface area contributed by atoms with Gasteiger partial charge >= 0.3 is 6.03 Å². The number of amides is 2. The maximum absolute atomic E-state index is 13.3. The molecule has 0 aromatic heterocycles. The van der Waals surface area contributed by atoms with Gasteiger partial charge in [-0.25, -0.2) is 9.18 Å². The summed E-state index contributed by atoms with van der Waals surface area (Å²) in [4.78, 5) is 17.1. The Kier molecular flexibility index (Phi) is 7.69. The number of benzene rings is 2. The third-order valence-corrected chi connectivity index (χ3v) is 5.28. The van der Waals surface area contributed by atoms with E-state index in [1.807, 2.05) is 29.2 Å². The average Bonchev–Trinajstić information content (AvgIpc) is 3.16. The van der Waals surface area contributed by atoms with Gasteiger partial charge in [0.2, 0.25) is 0 Å². The average molecular weight is 414 g/mol. The van der Waals surface area contributed by atoms with Crippen molar-refractivity contribution in [1.29, 1.82) is 0 Å². The lowest BCUT2D eigenvalue weighted by Crippen LogP contribution is -2.46. The summed E-state index contributed by atoms with van der Waals surface area (Å²) in [6.45, 7) is 7.64. The molecule has 0 radical (unpaired) electrons. The second-order valence-corrected chi connectivity index (χ2v) is 8.47. The third kappa shape index (κ3) is 6.46. The monoisotopic (exact) mass is 413 g/mol. The fourth-order valence-corrected chi connectivity index (χ4v) is 3.57. The molecule has 0 spiro atoms. The van der Waals surface area contributed by atoms with E-state index in [-0.39, 0.29) is 17.9 Å². The van der Waals surface area contributed by atoms with E-state index in [1.54, 1.807) is 12.1 Å². The molecule has 2 amide bonds. The lowest BCUT2D eigenvalue weighted by molar-refractivity contribution is 0.170. The lowest BCUT2D eigenvalue weighted by Gasteiger charge is -2.29. The van der Waals surface area contributed by atoms with Crippen molar-refractivity contribution in [2.45, 2.75) is 39.4 Å². The van der Waals surface area contributed by atoms with Crippen molar-refractivity contribution in [3.8, 4) is 5.75 Å². The molecule has 0 aliphatic carbocycles. The molecule has 1 heterocycles. The molecule has 6 heteroatoms. The summed E-state index contributed by atoms with van der Waals surface area (Å²) in [7, 11) is 2.07. The predicted molar refractivity (Wildman–Crippen MR) is 117 cm³/mol. The van der Waals surface area contributed by atoms with Gasteiger partial charge in [-0.05, 0) is 61.3 Å². The van der Waals surface area contributed by atoms with Crippen LogP contribution in [0, 0.1) is 11.7 Å². The number of nitrogens with one attached hydrogen (secondary N) is 1. The van der Waals surface area contributed by atoms with E-state index in [1.165, 1.54) is 12.1 Å². The number of hydrogen-bond acceptors (Lipinski definition) is 3. The molecule has 1 N–H and O–H groups in total. The van der Waals surface area contributed by atoms with E-state index < -0.39 is 0 Å². The fraction of sp³-hybridized carbons (Fsp3) is 0.458. The van der Waals surface area contributed by atoms with Crippen LogP contribution in [0.5, 0.6) is 5.75 Å². The molecular formula is C24H32FN3O2. The van der Waals surface area contributed by atoms with Crippen LogP contribution < -0.4 is 10.1 Å². The van der Waals surface area contributed by atoms with Crippen molar-refractivity contribution >= 4 is 6.03 Å². The van der Waals surface area contributed by atoms with Gasteiger partial charge in [0.1, 0.15) is 11.6 Å². The lowest BCUT2D eigenvalue weighted by atomic mass is 10.1. The van der Waals surface area contributed by atoms with Gasteiger partial charge in [0.05, 0.1) is 6.61 Å². The van der Waals surface area contributed by atoms with Crippen molar-refractivity contribution < 1.29 is 13.9 Å². The minimum atomic E-state index is -0.267. The Labute approximate surface area is 178 Å². The highest BCUT2D eigenvalue weighted by molar-refractivity contribution is 5.74. The molecule has 0 bridgehead atoms. The van der Waals surface area contributed by atoms with Gasteiger partial charge in [-0.3, -0.25) is 0 Å². The van der Waals surface area contributed by atoms with E-state index in [0.717, 1.165) is 36.4 Å². The summed E-state index contributed by atoms with van der Waals surface area (Å²) in [6.07, 6.45) is 0.938. The second kappa shape index (κ2) is 10.4. The zero-order valence-corrected chi connectivity index (χ0v) is 18.1. The molecule has 1 aliphatic heterocycles. The summed E-state index contributed by atoms with van der Waals surface area (Å²) in [5.74, 6) is 1.05. The van der Waals surface area contributed by atoms with Crippen molar-refractivity contribution in [3.63, 3.8) is 0 Å². The number of likely N-dealkylation sites (N-methyl/N-ethyl adjacent to an activating group) is 1. The van der Waals surface area contributed by atoms with Crippen molar-refractivity contribution in [3.05, 3.63) is 65.5 Å². The van der Waals surface area contributed by atoms with E-state index in [9.17, 15) is 9.18 Å². The zero-order chi connectivity index (χ0) is 21.5. The highest BCUT2D eigenvalue weighted by atomic mass is 19.1. The Morgan fingerprint density at radius 3 is 2.43 bits per heavy atom. The van der Waals surface area contributed by atoms with Gasteiger partial charge in [-0.15, -0.1) is 0 Å². The number of nitrogens with zero attached hydrogens (tertiary/aromatic N) is 2. The molecule has 1 aliphatic rings. The highest BCUT2D eigenvalue weighted by Crippen LogP contribution is 2.18. The molecule has 1 fully saturated rings. The molecular weight excluding hydrogens is 381 g/mol. The van der Waals surface area contributed by atoms with E-state index >= 15 is 0 Å². The fourth-order valence-electron chi connectivity index (χ4n) is 3.57. The van der Waals surface area contributed by atoms with Crippen LogP contribution in [0.4, 0.5) is 9.18 Å². The first-order valence-corrected chi connectivity index (χ1v) is 10.6. The van der Waals surface area contributed by atoms with Gasteiger partial charge < -0.3 is 19.9 Å². The number of urea groups is 1. The van der Waals surface area contributed by atoms with E-state index in [4.69, 9.17) is 4.74 Å². The minimum Gasteiger partial charge on any atom is -0.493 e. The SMILES string of the molecule is CC(C)COc1ccc(CNC(=O)N(Cc2ccc(F)cc2)[C@H]2CCN(C)C2)cc1. The number of halogens is 1. The Balaban J connectivity index is 1.60. The van der Waals surface area contributed by atoms with Crippen LogP contribution in [0.15, 0.2) is 48.5 Å². The molecule has 0 unspecified atom stereocenters. The van der Waals surface area contributed by atoms with Gasteiger partial charge in [0.25, 0.3) is 0 Å². The largest absolute Gasteiger partial charge is 0.493 e. The quantitative estimate of drug-likeness (QED) is 0.703. The molecule has 3 rings (SSSR count). The first kappa shape index (κ1) is 22.1. The summed E-state index contributed by atoms with van der Waals surface area (Å²) in [5.41, 5.74) is 1.94. The first-order valence-electron chi connectivity index (χ1n) is 10.6. The van der Waals surface area contributed by atoms with Crippen molar-refractivity contribution in [2.24, 2.45) is 5.92 Å².